The van der Waals surface area contributed by atoms with Gasteiger partial charge in [-0.25, -0.2) is 9.69 Å². The van der Waals surface area contributed by atoms with Crippen LogP contribution in [0.1, 0.15) is 32.6 Å². The van der Waals surface area contributed by atoms with Crippen LogP contribution in [0.2, 0.25) is 0 Å². The largest absolute Gasteiger partial charge is 0.334 e. The van der Waals surface area contributed by atoms with Gasteiger partial charge in [0.2, 0.25) is 5.91 Å². The topological polar surface area (TPSA) is 86.8 Å². The molecule has 4 rings (SSSR count). The lowest BCUT2D eigenvalue weighted by molar-refractivity contribution is -0.145. The Bertz CT molecular complexity index is 1000. The van der Waals surface area contributed by atoms with Gasteiger partial charge in [-0.3, -0.25) is 19.3 Å². The molecule has 2 aromatic carbocycles. The Hall–Kier alpha value is -3.22. The van der Waals surface area contributed by atoms with Crippen molar-refractivity contribution >= 4 is 40.2 Å². The fourth-order valence-electron chi connectivity index (χ4n) is 4.25. The van der Waals surface area contributed by atoms with E-state index in [4.69, 9.17) is 0 Å². The van der Waals surface area contributed by atoms with Crippen LogP contribution in [-0.4, -0.2) is 46.1 Å². The lowest BCUT2D eigenvalue weighted by Crippen LogP contribution is -2.46. The molecule has 2 aromatic rings. The molecule has 0 radical (unpaired) electrons. The maximum atomic E-state index is 12.8. The van der Waals surface area contributed by atoms with Crippen LogP contribution in [0.3, 0.4) is 0 Å². The van der Waals surface area contributed by atoms with Crippen LogP contribution in [0, 0.1) is 5.92 Å². The van der Waals surface area contributed by atoms with Gasteiger partial charge in [0.25, 0.3) is 0 Å². The smallest absolute Gasteiger partial charge is 0.325 e. The highest BCUT2D eigenvalue weighted by Gasteiger charge is 2.49. The number of imide groups is 2. The third-order valence-electron chi connectivity index (χ3n) is 5.82. The van der Waals surface area contributed by atoms with Crippen molar-refractivity contribution in [3.63, 3.8) is 0 Å². The Morgan fingerprint density at radius 2 is 1.72 bits per heavy atom. The summed E-state index contributed by atoms with van der Waals surface area (Å²) < 4.78 is 0. The van der Waals surface area contributed by atoms with E-state index in [9.17, 15) is 19.2 Å². The maximum absolute atomic E-state index is 12.8. The molecular formula is C22H23N3O4. The molecule has 1 saturated carbocycles. The second-order valence-electron chi connectivity index (χ2n) is 7.79. The molecule has 1 saturated heterocycles. The van der Waals surface area contributed by atoms with Gasteiger partial charge in [0.1, 0.15) is 6.54 Å². The molecule has 0 bridgehead atoms. The van der Waals surface area contributed by atoms with Crippen molar-refractivity contribution in [2.24, 2.45) is 5.92 Å². The summed E-state index contributed by atoms with van der Waals surface area (Å²) in [5.41, 5.74) is 0.567. The molecule has 0 spiro atoms. The van der Waals surface area contributed by atoms with E-state index in [1.165, 1.54) is 0 Å². The number of carbonyl (C=O) groups is 4. The van der Waals surface area contributed by atoms with E-state index < -0.39 is 30.3 Å². The molecular weight excluding hydrogens is 370 g/mol. The van der Waals surface area contributed by atoms with Gasteiger partial charge in [0, 0.05) is 11.7 Å². The van der Waals surface area contributed by atoms with E-state index in [0.717, 1.165) is 39.8 Å². The first kappa shape index (κ1) is 19.1. The van der Waals surface area contributed by atoms with E-state index in [1.807, 2.05) is 43.3 Å². The number of carbonyl (C=O) groups excluding carboxylic acids is 4. The van der Waals surface area contributed by atoms with Gasteiger partial charge in [-0.1, -0.05) is 50.1 Å². The molecule has 7 nitrogen and oxygen atoms in total. The van der Waals surface area contributed by atoms with Crippen LogP contribution in [0.5, 0.6) is 0 Å². The van der Waals surface area contributed by atoms with Gasteiger partial charge in [0.05, 0.1) is 0 Å². The Kier molecular flexibility index (Phi) is 5.05. The number of nitrogens with zero attached hydrogens (tertiary/aromatic N) is 2. The minimum Gasteiger partial charge on any atom is -0.325 e. The predicted molar refractivity (Wildman–Crippen MR) is 108 cm³/mol. The zero-order valence-electron chi connectivity index (χ0n) is 16.3. The molecule has 2 atom stereocenters. The van der Waals surface area contributed by atoms with Gasteiger partial charge < -0.3 is 5.32 Å². The van der Waals surface area contributed by atoms with E-state index in [0.29, 0.717) is 12.1 Å². The molecule has 7 heteroatoms. The summed E-state index contributed by atoms with van der Waals surface area (Å²) >= 11 is 0. The zero-order chi connectivity index (χ0) is 20.5. The molecule has 2 fully saturated rings. The Morgan fingerprint density at radius 3 is 2.48 bits per heavy atom. The number of rotatable bonds is 4. The average molecular weight is 393 g/mol. The molecule has 1 heterocycles. The van der Waals surface area contributed by atoms with Crippen LogP contribution < -0.4 is 5.32 Å². The summed E-state index contributed by atoms with van der Waals surface area (Å²) in [7, 11) is 0. The van der Waals surface area contributed by atoms with Crippen LogP contribution in [-0.2, 0) is 14.4 Å². The van der Waals surface area contributed by atoms with E-state index in [-0.39, 0.29) is 12.0 Å². The fraction of sp³-hybridized carbons (Fsp3) is 0.364. The number of nitrogens with one attached hydrogen (secondary N) is 1. The van der Waals surface area contributed by atoms with Crippen molar-refractivity contribution in [2.75, 3.05) is 11.9 Å². The molecule has 1 aliphatic carbocycles. The van der Waals surface area contributed by atoms with Crippen molar-refractivity contribution in [2.45, 2.75) is 38.6 Å². The minimum absolute atomic E-state index is 0.149. The Morgan fingerprint density at radius 1 is 1.00 bits per heavy atom. The summed E-state index contributed by atoms with van der Waals surface area (Å²) in [5, 5.41) is 4.71. The molecule has 5 amide bonds. The SMILES string of the molecule is C[C@H]1CCCC[C@@H]1N1C(=O)C(=O)N(CC(=O)Nc2ccc3ccccc3c2)C1=O. The van der Waals surface area contributed by atoms with E-state index in [2.05, 4.69) is 5.32 Å². The lowest BCUT2D eigenvalue weighted by atomic mass is 9.85. The number of anilines is 1. The monoisotopic (exact) mass is 393 g/mol. The van der Waals surface area contributed by atoms with Crippen LogP contribution in [0.4, 0.5) is 10.5 Å². The summed E-state index contributed by atoms with van der Waals surface area (Å²) in [4.78, 5) is 51.9. The van der Waals surface area contributed by atoms with Crippen LogP contribution >= 0.6 is 0 Å². The van der Waals surface area contributed by atoms with Crippen molar-refractivity contribution in [1.29, 1.82) is 0 Å². The summed E-state index contributed by atoms with van der Waals surface area (Å²) in [6.45, 7) is 1.51. The number of amides is 5. The van der Waals surface area contributed by atoms with E-state index in [1.54, 1.807) is 6.07 Å². The average Bonchev–Trinajstić information content (AvgIpc) is 2.92. The van der Waals surface area contributed by atoms with Crippen molar-refractivity contribution in [3.8, 4) is 0 Å². The van der Waals surface area contributed by atoms with Crippen LogP contribution in [0.15, 0.2) is 42.5 Å². The highest BCUT2D eigenvalue weighted by atomic mass is 16.2. The number of fused-ring (bicyclic) bond motifs is 1. The van der Waals surface area contributed by atoms with Gasteiger partial charge in [-0.05, 0) is 41.7 Å². The van der Waals surface area contributed by atoms with Gasteiger partial charge in [-0.15, -0.1) is 0 Å². The second kappa shape index (κ2) is 7.66. The highest BCUT2D eigenvalue weighted by molar-refractivity contribution is 6.45. The molecule has 1 N–H and O–H groups in total. The molecule has 0 aromatic heterocycles. The molecule has 0 unspecified atom stereocenters. The second-order valence-corrected chi connectivity index (χ2v) is 7.79. The van der Waals surface area contributed by atoms with E-state index >= 15 is 0 Å². The van der Waals surface area contributed by atoms with Crippen molar-refractivity contribution < 1.29 is 19.2 Å². The Balaban J connectivity index is 1.46. The normalized spacial score (nSPS) is 22.4. The lowest BCUT2D eigenvalue weighted by Gasteiger charge is -2.34. The standard InChI is InChI=1S/C22H23N3O4/c1-14-6-2-5-9-18(14)25-21(28)20(27)24(22(25)29)13-19(26)23-17-11-10-15-7-3-4-8-16(15)12-17/h3-4,7-8,10-12,14,18H,2,5-6,9,13H2,1H3,(H,23,26)/t14-,18-/m0/s1. The molecule has 2 aliphatic rings. The number of benzene rings is 2. The summed E-state index contributed by atoms with van der Waals surface area (Å²) in [6.07, 6.45) is 3.59. The maximum Gasteiger partial charge on any atom is 0.334 e. The van der Waals surface area contributed by atoms with Crippen LogP contribution in [0.25, 0.3) is 10.8 Å². The summed E-state index contributed by atoms with van der Waals surface area (Å²) in [6, 6.07) is 12.2. The van der Waals surface area contributed by atoms with Crippen molar-refractivity contribution in [3.05, 3.63) is 42.5 Å². The number of hydrogen-bond donors (Lipinski definition) is 1. The first-order valence-corrected chi connectivity index (χ1v) is 9.93. The quantitative estimate of drug-likeness (QED) is 0.639. The third kappa shape index (κ3) is 3.60. The third-order valence-corrected chi connectivity index (χ3v) is 5.82. The number of hydrogen-bond acceptors (Lipinski definition) is 4. The van der Waals surface area contributed by atoms with Gasteiger partial charge in [-0.2, -0.15) is 0 Å². The Labute approximate surface area is 168 Å². The van der Waals surface area contributed by atoms with Gasteiger partial charge in [0.15, 0.2) is 0 Å². The first-order chi connectivity index (χ1) is 14.0. The first-order valence-electron chi connectivity index (χ1n) is 9.93. The molecule has 1 aliphatic heterocycles. The minimum atomic E-state index is -0.929. The van der Waals surface area contributed by atoms with Gasteiger partial charge >= 0.3 is 17.8 Å². The molecule has 150 valence electrons. The summed E-state index contributed by atoms with van der Waals surface area (Å²) in [5.74, 6) is -2.13. The predicted octanol–water partition coefficient (Wildman–Crippen LogP) is 3.15. The van der Waals surface area contributed by atoms with Crippen molar-refractivity contribution in [1.82, 2.24) is 9.80 Å². The highest BCUT2D eigenvalue weighted by Crippen LogP contribution is 2.31. The number of urea groups is 1. The fourth-order valence-corrected chi connectivity index (χ4v) is 4.25. The zero-order valence-corrected chi connectivity index (χ0v) is 16.3. The molecule has 29 heavy (non-hydrogen) atoms.